The number of furan rings is 1. The van der Waals surface area contributed by atoms with Crippen LogP contribution in [-0.2, 0) is 10.2 Å². The molecule has 0 unspecified atom stereocenters. The molecule has 1 amide bonds. The molecule has 1 aliphatic heterocycles. The molecule has 2 aromatic heterocycles. The van der Waals surface area contributed by atoms with Gasteiger partial charge >= 0.3 is 0 Å². The number of benzene rings is 1. The number of carbonyl (C=O) groups excluding carboxylic acids is 1. The maximum Gasteiger partial charge on any atom is 0.282 e. The summed E-state index contributed by atoms with van der Waals surface area (Å²) in [6, 6.07) is 14.7. The van der Waals surface area contributed by atoms with Gasteiger partial charge in [0.2, 0.25) is 0 Å². The van der Waals surface area contributed by atoms with E-state index < -0.39 is 10.2 Å². The van der Waals surface area contributed by atoms with Crippen LogP contribution in [0.2, 0.25) is 0 Å². The lowest BCUT2D eigenvalue weighted by Gasteiger charge is -2.36. The summed E-state index contributed by atoms with van der Waals surface area (Å²) in [6.07, 6.45) is 1.56. The Morgan fingerprint density at radius 3 is 2.31 bits per heavy atom. The van der Waals surface area contributed by atoms with Gasteiger partial charge in [0.15, 0.2) is 5.76 Å². The van der Waals surface area contributed by atoms with Crippen molar-refractivity contribution in [2.45, 2.75) is 13.8 Å². The van der Waals surface area contributed by atoms with E-state index in [1.807, 2.05) is 44.2 Å². The van der Waals surface area contributed by atoms with Gasteiger partial charge in [0.25, 0.3) is 16.1 Å². The smallest absolute Gasteiger partial charge is 0.282 e. The molecular formula is C22H27N5O4S. The number of nitrogens with zero attached hydrogens (tertiary/aromatic N) is 5. The van der Waals surface area contributed by atoms with Crippen molar-refractivity contribution < 1.29 is 17.6 Å². The zero-order chi connectivity index (χ0) is 22.7. The van der Waals surface area contributed by atoms with Gasteiger partial charge in [-0.1, -0.05) is 32.0 Å². The van der Waals surface area contributed by atoms with Crippen molar-refractivity contribution in [3.8, 4) is 17.1 Å². The molecule has 1 aliphatic rings. The van der Waals surface area contributed by atoms with Gasteiger partial charge in [-0.15, -0.1) is 0 Å². The van der Waals surface area contributed by atoms with Crippen molar-refractivity contribution in [2.24, 2.45) is 0 Å². The Morgan fingerprint density at radius 2 is 1.72 bits per heavy atom. The highest BCUT2D eigenvalue weighted by Gasteiger charge is 2.33. The Labute approximate surface area is 188 Å². The highest BCUT2D eigenvalue weighted by Crippen LogP contribution is 2.24. The molecule has 0 spiro atoms. The molecule has 10 heteroatoms. The van der Waals surface area contributed by atoms with Crippen LogP contribution in [0.15, 0.2) is 59.2 Å². The highest BCUT2D eigenvalue weighted by molar-refractivity contribution is 7.86. The Kier molecular flexibility index (Phi) is 6.45. The molecule has 170 valence electrons. The van der Waals surface area contributed by atoms with Crippen LogP contribution in [-0.4, -0.2) is 76.9 Å². The largest absolute Gasteiger partial charge is 0.463 e. The van der Waals surface area contributed by atoms with E-state index in [9.17, 15) is 13.2 Å². The number of piperazine rings is 1. The predicted molar refractivity (Wildman–Crippen MR) is 121 cm³/mol. The van der Waals surface area contributed by atoms with E-state index in [0.717, 1.165) is 5.69 Å². The summed E-state index contributed by atoms with van der Waals surface area (Å²) in [7, 11) is -3.52. The minimum absolute atomic E-state index is 0.195. The van der Waals surface area contributed by atoms with Crippen LogP contribution in [0.3, 0.4) is 0 Å². The third-order valence-corrected chi connectivity index (χ3v) is 7.77. The van der Waals surface area contributed by atoms with Crippen LogP contribution in [0.4, 0.5) is 0 Å². The first kappa shape index (κ1) is 22.3. The Morgan fingerprint density at radius 1 is 1.03 bits per heavy atom. The van der Waals surface area contributed by atoms with E-state index in [4.69, 9.17) is 4.42 Å². The first-order valence-electron chi connectivity index (χ1n) is 10.7. The molecule has 1 aromatic carbocycles. The summed E-state index contributed by atoms with van der Waals surface area (Å²) >= 11 is 0. The van der Waals surface area contributed by atoms with Gasteiger partial charge in [-0.3, -0.25) is 4.79 Å². The molecule has 9 nitrogen and oxygen atoms in total. The molecule has 3 heterocycles. The number of hydrogen-bond acceptors (Lipinski definition) is 5. The van der Waals surface area contributed by atoms with Gasteiger partial charge in [-0.25, -0.2) is 4.68 Å². The second kappa shape index (κ2) is 9.27. The molecule has 0 atom stereocenters. The van der Waals surface area contributed by atoms with Crippen molar-refractivity contribution in [3.63, 3.8) is 0 Å². The number of amides is 1. The van der Waals surface area contributed by atoms with Gasteiger partial charge in [-0.05, 0) is 24.3 Å². The number of aromatic nitrogens is 2. The molecule has 3 aromatic rings. The van der Waals surface area contributed by atoms with Gasteiger partial charge in [-0.2, -0.15) is 22.1 Å². The SMILES string of the molecule is CCN(CC)S(=O)(=O)N1CCN(C(=O)c2cc(-c3ccco3)nn2-c2ccccc2)CC1. The molecule has 1 fully saturated rings. The molecule has 4 rings (SSSR count). The van der Waals surface area contributed by atoms with Gasteiger partial charge < -0.3 is 9.32 Å². The van der Waals surface area contributed by atoms with Gasteiger partial charge in [0, 0.05) is 45.3 Å². The Bertz CT molecular complexity index is 1150. The lowest BCUT2D eigenvalue weighted by molar-refractivity contribution is 0.0685. The van der Waals surface area contributed by atoms with Gasteiger partial charge in [0.1, 0.15) is 11.4 Å². The summed E-state index contributed by atoms with van der Waals surface area (Å²) in [5, 5.41) is 4.60. The van der Waals surface area contributed by atoms with Gasteiger partial charge in [0.05, 0.1) is 12.0 Å². The van der Waals surface area contributed by atoms with Crippen LogP contribution >= 0.6 is 0 Å². The average molecular weight is 458 g/mol. The highest BCUT2D eigenvalue weighted by atomic mass is 32.2. The summed E-state index contributed by atoms with van der Waals surface area (Å²) in [5.41, 5.74) is 1.73. The fourth-order valence-electron chi connectivity index (χ4n) is 3.84. The standard InChI is InChI=1S/C22H27N5O4S/c1-3-25(4-2)32(29,30)26-14-12-24(13-15-26)22(28)20-17-19(21-11-8-16-31-21)23-27(20)18-9-6-5-7-10-18/h5-11,16-17H,3-4,12-15H2,1-2H3. The number of para-hydroxylation sites is 1. The van der Waals surface area contributed by atoms with E-state index in [1.165, 1.54) is 8.61 Å². The van der Waals surface area contributed by atoms with E-state index in [1.54, 1.807) is 34.0 Å². The fraction of sp³-hybridized carbons (Fsp3) is 0.364. The van der Waals surface area contributed by atoms with Crippen LogP contribution in [0.5, 0.6) is 0 Å². The second-order valence-electron chi connectivity index (χ2n) is 7.42. The molecular weight excluding hydrogens is 430 g/mol. The van der Waals surface area contributed by atoms with Crippen LogP contribution in [0, 0.1) is 0 Å². The molecule has 0 bridgehead atoms. The molecule has 1 saturated heterocycles. The van der Waals surface area contributed by atoms with Crippen molar-refractivity contribution in [1.82, 2.24) is 23.3 Å². The summed E-state index contributed by atoms with van der Waals surface area (Å²) in [5.74, 6) is 0.378. The number of carbonyl (C=O) groups is 1. The third-order valence-electron chi connectivity index (χ3n) is 5.59. The molecule has 0 radical (unpaired) electrons. The van der Waals surface area contributed by atoms with Crippen LogP contribution in [0.1, 0.15) is 24.3 Å². The Hall–Kier alpha value is -2.95. The lowest BCUT2D eigenvalue weighted by Crippen LogP contribution is -2.54. The first-order valence-corrected chi connectivity index (χ1v) is 12.1. The fourth-order valence-corrected chi connectivity index (χ4v) is 5.45. The zero-order valence-electron chi connectivity index (χ0n) is 18.2. The van der Waals surface area contributed by atoms with Crippen molar-refractivity contribution in [1.29, 1.82) is 0 Å². The molecule has 0 saturated carbocycles. The van der Waals surface area contributed by atoms with Crippen LogP contribution < -0.4 is 0 Å². The van der Waals surface area contributed by atoms with Crippen molar-refractivity contribution >= 4 is 16.1 Å². The van der Waals surface area contributed by atoms with Crippen molar-refractivity contribution in [3.05, 3.63) is 60.5 Å². The van der Waals surface area contributed by atoms with E-state index >= 15 is 0 Å². The van der Waals surface area contributed by atoms with Crippen molar-refractivity contribution in [2.75, 3.05) is 39.3 Å². The molecule has 0 aliphatic carbocycles. The summed E-state index contributed by atoms with van der Waals surface area (Å²) in [6.45, 7) is 5.63. The molecule has 0 N–H and O–H groups in total. The van der Waals surface area contributed by atoms with E-state index in [2.05, 4.69) is 5.10 Å². The predicted octanol–water partition coefficient (Wildman–Crippen LogP) is 2.48. The topological polar surface area (TPSA) is 91.9 Å². The third kappa shape index (κ3) is 4.21. The summed E-state index contributed by atoms with van der Waals surface area (Å²) < 4.78 is 35.5. The normalized spacial score (nSPS) is 15.4. The molecule has 32 heavy (non-hydrogen) atoms. The van der Waals surface area contributed by atoms with E-state index in [-0.39, 0.29) is 19.0 Å². The quantitative estimate of drug-likeness (QED) is 0.544. The summed E-state index contributed by atoms with van der Waals surface area (Å²) in [4.78, 5) is 15.1. The maximum atomic E-state index is 13.4. The second-order valence-corrected chi connectivity index (χ2v) is 9.35. The van der Waals surface area contributed by atoms with Crippen LogP contribution in [0.25, 0.3) is 17.1 Å². The minimum atomic E-state index is -3.52. The monoisotopic (exact) mass is 457 g/mol. The first-order chi connectivity index (χ1) is 15.5. The number of rotatable bonds is 7. The maximum absolute atomic E-state index is 13.4. The average Bonchev–Trinajstić information content (AvgIpc) is 3.50. The minimum Gasteiger partial charge on any atom is -0.463 e. The number of hydrogen-bond donors (Lipinski definition) is 0. The zero-order valence-corrected chi connectivity index (χ0v) is 19.0. The lowest BCUT2D eigenvalue weighted by atomic mass is 10.2. The van der Waals surface area contributed by atoms with E-state index in [0.29, 0.717) is 43.3 Å². The Balaban J connectivity index is 1.58.